The third-order valence-corrected chi connectivity index (χ3v) is 2.26. The van der Waals surface area contributed by atoms with Gasteiger partial charge in [0.15, 0.2) is 0 Å². The molecule has 0 bridgehead atoms. The van der Waals surface area contributed by atoms with Gasteiger partial charge < -0.3 is 11.1 Å². The Morgan fingerprint density at radius 3 is 2.06 bits per heavy atom. The molecule has 0 spiro atoms. The molecule has 0 aliphatic carbocycles. The zero-order valence-corrected chi connectivity index (χ0v) is 10.7. The Morgan fingerprint density at radius 1 is 1.19 bits per heavy atom. The summed E-state index contributed by atoms with van der Waals surface area (Å²) in [6.07, 6.45) is 0. The van der Waals surface area contributed by atoms with Gasteiger partial charge in [-0.15, -0.1) is 12.4 Å². The number of rotatable bonds is 3. The van der Waals surface area contributed by atoms with E-state index in [1.807, 2.05) is 24.3 Å². The van der Waals surface area contributed by atoms with Crippen molar-refractivity contribution in [1.82, 2.24) is 0 Å². The van der Waals surface area contributed by atoms with E-state index in [4.69, 9.17) is 5.73 Å². The second-order valence-electron chi connectivity index (χ2n) is 4.05. The number of carbonyl (C=O) groups is 1. The van der Waals surface area contributed by atoms with Crippen LogP contribution in [0.1, 0.15) is 32.3 Å². The Morgan fingerprint density at radius 2 is 1.69 bits per heavy atom. The molecule has 0 heterocycles. The summed E-state index contributed by atoms with van der Waals surface area (Å²) in [5.74, 6) is 0.343. The molecule has 3 nitrogen and oxygen atoms in total. The summed E-state index contributed by atoms with van der Waals surface area (Å²) in [5.41, 5.74) is 7.50. The van der Waals surface area contributed by atoms with Gasteiger partial charge in [-0.2, -0.15) is 0 Å². The van der Waals surface area contributed by atoms with Crippen LogP contribution in [0, 0.1) is 0 Å². The highest BCUT2D eigenvalue weighted by Gasteiger charge is 2.07. The molecular formula is C12H19ClN2O. The summed E-state index contributed by atoms with van der Waals surface area (Å²) >= 11 is 0. The fraction of sp³-hybridized carbons (Fsp3) is 0.417. The molecule has 1 amide bonds. The van der Waals surface area contributed by atoms with Gasteiger partial charge in [0, 0.05) is 5.69 Å². The van der Waals surface area contributed by atoms with Crippen LogP contribution in [0.25, 0.3) is 0 Å². The first-order valence-electron chi connectivity index (χ1n) is 5.17. The molecular weight excluding hydrogens is 224 g/mol. The first-order valence-corrected chi connectivity index (χ1v) is 5.17. The number of anilines is 1. The van der Waals surface area contributed by atoms with Gasteiger partial charge in [-0.05, 0) is 30.5 Å². The number of nitrogens with one attached hydrogen (secondary N) is 1. The summed E-state index contributed by atoms with van der Waals surface area (Å²) in [4.78, 5) is 11.3. The second kappa shape index (κ2) is 6.51. The van der Waals surface area contributed by atoms with Gasteiger partial charge in [0.05, 0.1) is 6.04 Å². The van der Waals surface area contributed by atoms with Crippen molar-refractivity contribution in [3.05, 3.63) is 29.8 Å². The lowest BCUT2D eigenvalue weighted by molar-refractivity contribution is -0.117. The number of nitrogens with two attached hydrogens (primary N) is 1. The fourth-order valence-electron chi connectivity index (χ4n) is 1.21. The molecule has 0 radical (unpaired) electrons. The van der Waals surface area contributed by atoms with E-state index in [-0.39, 0.29) is 18.3 Å². The lowest BCUT2D eigenvalue weighted by Crippen LogP contribution is -2.32. The SMILES string of the molecule is CC(C)c1ccc(NC(=O)[C@@H](C)N)cc1.Cl. The van der Waals surface area contributed by atoms with Crippen LogP contribution in [-0.2, 0) is 4.79 Å². The average Bonchev–Trinajstić information content (AvgIpc) is 2.18. The number of hydrogen-bond acceptors (Lipinski definition) is 2. The van der Waals surface area contributed by atoms with Crippen LogP contribution in [0.2, 0.25) is 0 Å². The summed E-state index contributed by atoms with van der Waals surface area (Å²) in [7, 11) is 0. The van der Waals surface area contributed by atoms with Crippen LogP contribution in [0.4, 0.5) is 5.69 Å². The first kappa shape index (κ1) is 14.9. The Bertz CT molecular complexity index is 333. The van der Waals surface area contributed by atoms with Gasteiger partial charge in [-0.25, -0.2) is 0 Å². The quantitative estimate of drug-likeness (QED) is 0.856. The Balaban J connectivity index is 0.00000225. The minimum Gasteiger partial charge on any atom is -0.325 e. The van der Waals surface area contributed by atoms with Crippen LogP contribution in [0.3, 0.4) is 0 Å². The Kier molecular flexibility index (Phi) is 6.08. The number of amides is 1. The smallest absolute Gasteiger partial charge is 0.240 e. The highest BCUT2D eigenvalue weighted by atomic mass is 35.5. The lowest BCUT2D eigenvalue weighted by Gasteiger charge is -2.09. The maximum Gasteiger partial charge on any atom is 0.240 e. The van der Waals surface area contributed by atoms with Gasteiger partial charge in [0.25, 0.3) is 0 Å². The molecule has 1 atom stereocenters. The van der Waals surface area contributed by atoms with E-state index in [0.29, 0.717) is 5.92 Å². The summed E-state index contributed by atoms with van der Waals surface area (Å²) in [5, 5.41) is 2.74. The van der Waals surface area contributed by atoms with Crippen molar-refractivity contribution in [1.29, 1.82) is 0 Å². The highest BCUT2D eigenvalue weighted by Crippen LogP contribution is 2.17. The van der Waals surface area contributed by atoms with Crippen molar-refractivity contribution < 1.29 is 4.79 Å². The normalized spacial score (nSPS) is 11.8. The van der Waals surface area contributed by atoms with Gasteiger partial charge in [0.1, 0.15) is 0 Å². The average molecular weight is 243 g/mol. The lowest BCUT2D eigenvalue weighted by atomic mass is 10.0. The van der Waals surface area contributed by atoms with Gasteiger partial charge in [-0.1, -0.05) is 26.0 Å². The molecule has 90 valence electrons. The van der Waals surface area contributed by atoms with E-state index in [9.17, 15) is 4.79 Å². The largest absolute Gasteiger partial charge is 0.325 e. The van der Waals surface area contributed by atoms with E-state index < -0.39 is 6.04 Å². The molecule has 3 N–H and O–H groups in total. The zero-order chi connectivity index (χ0) is 11.4. The molecule has 0 saturated carbocycles. The number of hydrogen-bond donors (Lipinski definition) is 2. The number of halogens is 1. The van der Waals surface area contributed by atoms with E-state index in [1.54, 1.807) is 6.92 Å². The molecule has 1 rings (SSSR count). The Hall–Kier alpha value is -1.06. The van der Waals surface area contributed by atoms with E-state index in [0.717, 1.165) is 5.69 Å². The van der Waals surface area contributed by atoms with Crippen molar-refractivity contribution in [2.75, 3.05) is 5.32 Å². The Labute approximate surface area is 103 Å². The fourth-order valence-corrected chi connectivity index (χ4v) is 1.21. The highest BCUT2D eigenvalue weighted by molar-refractivity contribution is 5.94. The zero-order valence-electron chi connectivity index (χ0n) is 9.86. The van der Waals surface area contributed by atoms with Crippen molar-refractivity contribution >= 4 is 24.0 Å². The van der Waals surface area contributed by atoms with Crippen molar-refractivity contribution in [2.45, 2.75) is 32.7 Å². The standard InChI is InChI=1S/C12H18N2O.ClH/c1-8(2)10-4-6-11(7-5-10)14-12(15)9(3)13;/h4-9H,13H2,1-3H3,(H,14,15);1H/t9-;/m1./s1. The van der Waals surface area contributed by atoms with Gasteiger partial charge in [0.2, 0.25) is 5.91 Å². The molecule has 0 aliphatic rings. The summed E-state index contributed by atoms with van der Waals surface area (Å²) < 4.78 is 0. The maximum atomic E-state index is 11.3. The van der Waals surface area contributed by atoms with Gasteiger partial charge >= 0.3 is 0 Å². The topological polar surface area (TPSA) is 55.1 Å². The molecule has 0 unspecified atom stereocenters. The molecule has 0 aromatic heterocycles. The second-order valence-corrected chi connectivity index (χ2v) is 4.05. The third-order valence-electron chi connectivity index (χ3n) is 2.26. The van der Waals surface area contributed by atoms with Gasteiger partial charge in [-0.3, -0.25) is 4.79 Å². The maximum absolute atomic E-state index is 11.3. The van der Waals surface area contributed by atoms with E-state index >= 15 is 0 Å². The minimum atomic E-state index is -0.477. The molecule has 16 heavy (non-hydrogen) atoms. The van der Waals surface area contributed by atoms with E-state index in [1.165, 1.54) is 5.56 Å². The van der Waals surface area contributed by atoms with E-state index in [2.05, 4.69) is 19.2 Å². The van der Waals surface area contributed by atoms with Crippen LogP contribution in [0.15, 0.2) is 24.3 Å². The van der Waals surface area contributed by atoms with Crippen LogP contribution >= 0.6 is 12.4 Å². The third kappa shape index (κ3) is 4.21. The summed E-state index contributed by atoms with van der Waals surface area (Å²) in [6.45, 7) is 5.93. The molecule has 0 aliphatic heterocycles. The van der Waals surface area contributed by atoms with Crippen LogP contribution < -0.4 is 11.1 Å². The predicted molar refractivity (Wildman–Crippen MR) is 70.1 cm³/mol. The van der Waals surface area contributed by atoms with Crippen LogP contribution in [0.5, 0.6) is 0 Å². The predicted octanol–water partition coefficient (Wildman–Crippen LogP) is 2.52. The molecule has 1 aromatic rings. The minimum absolute atomic E-state index is 0. The molecule has 1 aromatic carbocycles. The summed E-state index contributed by atoms with van der Waals surface area (Å²) in [6, 6.07) is 7.35. The molecule has 0 saturated heterocycles. The molecule has 4 heteroatoms. The van der Waals surface area contributed by atoms with Crippen molar-refractivity contribution in [3.8, 4) is 0 Å². The van der Waals surface area contributed by atoms with Crippen molar-refractivity contribution in [2.24, 2.45) is 5.73 Å². The molecule has 0 fully saturated rings. The monoisotopic (exact) mass is 242 g/mol. The first-order chi connectivity index (χ1) is 7.00. The number of benzene rings is 1. The number of carbonyl (C=O) groups excluding carboxylic acids is 1. The van der Waals surface area contributed by atoms with Crippen molar-refractivity contribution in [3.63, 3.8) is 0 Å². The van der Waals surface area contributed by atoms with Crippen LogP contribution in [-0.4, -0.2) is 11.9 Å².